The lowest BCUT2D eigenvalue weighted by Crippen LogP contribution is -2.36. The number of rotatable bonds is 3. The van der Waals surface area contributed by atoms with Crippen molar-refractivity contribution in [1.29, 1.82) is 0 Å². The number of benzene rings is 1. The van der Waals surface area contributed by atoms with Gasteiger partial charge in [0.2, 0.25) is 0 Å². The molecule has 7 nitrogen and oxygen atoms in total. The molecule has 1 fully saturated rings. The number of aromatic amines is 1. The smallest absolute Gasteiger partial charge is 0.302 e. The van der Waals surface area contributed by atoms with Crippen LogP contribution in [0.1, 0.15) is 0 Å². The number of pyridine rings is 1. The number of nitrogens with one attached hydrogen (secondary N) is 1. The van der Waals surface area contributed by atoms with E-state index in [1.165, 1.54) is 24.5 Å². The average Bonchev–Trinajstić information content (AvgIpc) is 2.62. The minimum atomic E-state index is -0.427. The molecule has 0 amide bonds. The molecule has 2 aromatic heterocycles. The van der Waals surface area contributed by atoms with E-state index in [1.54, 1.807) is 12.1 Å². The minimum Gasteiger partial charge on any atom is -0.425 e. The summed E-state index contributed by atoms with van der Waals surface area (Å²) in [6, 6.07) is 5.96. The molecular weight excluding hydrogens is 327 g/mol. The van der Waals surface area contributed by atoms with Gasteiger partial charge in [0.05, 0.1) is 30.3 Å². The van der Waals surface area contributed by atoms with E-state index in [-0.39, 0.29) is 17.3 Å². The maximum atomic E-state index is 14.0. The first kappa shape index (κ1) is 15.5. The summed E-state index contributed by atoms with van der Waals surface area (Å²) in [6.07, 6.45) is 2.99. The number of aromatic nitrogens is 3. The molecule has 1 aromatic carbocycles. The van der Waals surface area contributed by atoms with Crippen LogP contribution in [-0.4, -0.2) is 41.3 Å². The lowest BCUT2D eigenvalue weighted by molar-refractivity contribution is 0.122. The molecule has 8 heteroatoms. The molecule has 128 valence electrons. The first-order chi connectivity index (χ1) is 12.2. The average molecular weight is 342 g/mol. The highest BCUT2D eigenvalue weighted by atomic mass is 19.1. The molecular formula is C17H15FN4O3. The highest BCUT2D eigenvalue weighted by Crippen LogP contribution is 2.27. The zero-order valence-electron chi connectivity index (χ0n) is 13.2. The Morgan fingerprint density at radius 1 is 1.24 bits per heavy atom. The SMILES string of the molecule is O=c1[nH]c(Oc2cc(F)cc(N3CCOCC3)c2)nc2cnccc12. The second kappa shape index (κ2) is 6.48. The Morgan fingerprint density at radius 2 is 2.08 bits per heavy atom. The van der Waals surface area contributed by atoms with Gasteiger partial charge in [-0.05, 0) is 12.1 Å². The molecule has 1 N–H and O–H groups in total. The van der Waals surface area contributed by atoms with E-state index in [0.717, 1.165) is 0 Å². The van der Waals surface area contributed by atoms with Crippen LogP contribution < -0.4 is 15.2 Å². The van der Waals surface area contributed by atoms with E-state index in [0.29, 0.717) is 42.9 Å². The first-order valence-electron chi connectivity index (χ1n) is 7.84. The molecule has 0 atom stereocenters. The van der Waals surface area contributed by atoms with E-state index in [4.69, 9.17) is 9.47 Å². The maximum absolute atomic E-state index is 14.0. The summed E-state index contributed by atoms with van der Waals surface area (Å²) in [5.74, 6) is -0.170. The molecule has 0 spiro atoms. The van der Waals surface area contributed by atoms with Crippen LogP contribution in [0.5, 0.6) is 11.8 Å². The topological polar surface area (TPSA) is 80.3 Å². The van der Waals surface area contributed by atoms with Crippen molar-refractivity contribution in [2.24, 2.45) is 0 Å². The van der Waals surface area contributed by atoms with Crippen LogP contribution >= 0.6 is 0 Å². The van der Waals surface area contributed by atoms with Gasteiger partial charge in [-0.1, -0.05) is 0 Å². The van der Waals surface area contributed by atoms with Crippen LogP contribution in [0, 0.1) is 5.82 Å². The monoisotopic (exact) mass is 342 g/mol. The lowest BCUT2D eigenvalue weighted by Gasteiger charge is -2.29. The fourth-order valence-electron chi connectivity index (χ4n) is 2.74. The van der Waals surface area contributed by atoms with Gasteiger partial charge < -0.3 is 14.4 Å². The molecule has 25 heavy (non-hydrogen) atoms. The molecule has 3 heterocycles. The predicted molar refractivity (Wildman–Crippen MR) is 89.7 cm³/mol. The van der Waals surface area contributed by atoms with Gasteiger partial charge >= 0.3 is 6.01 Å². The van der Waals surface area contributed by atoms with Gasteiger partial charge in [0.15, 0.2) is 0 Å². The second-order valence-electron chi connectivity index (χ2n) is 5.61. The van der Waals surface area contributed by atoms with Gasteiger partial charge in [-0.15, -0.1) is 0 Å². The van der Waals surface area contributed by atoms with Crippen LogP contribution in [0.4, 0.5) is 10.1 Å². The maximum Gasteiger partial charge on any atom is 0.302 e. The summed E-state index contributed by atoms with van der Waals surface area (Å²) in [4.78, 5) is 24.8. The van der Waals surface area contributed by atoms with Crippen LogP contribution in [0.25, 0.3) is 10.9 Å². The number of H-pyrrole nitrogens is 1. The summed E-state index contributed by atoms with van der Waals surface area (Å²) in [5.41, 5.74) is 0.765. The van der Waals surface area contributed by atoms with E-state index in [2.05, 4.69) is 15.0 Å². The van der Waals surface area contributed by atoms with Crippen LogP contribution in [-0.2, 0) is 4.74 Å². The molecule has 0 bridgehead atoms. The summed E-state index contributed by atoms with van der Waals surface area (Å²) >= 11 is 0. The molecule has 0 saturated carbocycles. The van der Waals surface area contributed by atoms with Crippen molar-refractivity contribution in [3.05, 3.63) is 52.8 Å². The van der Waals surface area contributed by atoms with E-state index in [9.17, 15) is 9.18 Å². The summed E-state index contributed by atoms with van der Waals surface area (Å²) in [5, 5.41) is 0.413. The normalized spacial score (nSPS) is 14.7. The van der Waals surface area contributed by atoms with Crippen molar-refractivity contribution in [2.45, 2.75) is 0 Å². The second-order valence-corrected chi connectivity index (χ2v) is 5.61. The third kappa shape index (κ3) is 3.29. The molecule has 1 aliphatic rings. The summed E-state index contributed by atoms with van der Waals surface area (Å²) < 4.78 is 24.9. The van der Waals surface area contributed by atoms with Gasteiger partial charge in [0, 0.05) is 37.1 Å². The van der Waals surface area contributed by atoms with Gasteiger partial charge in [0.1, 0.15) is 11.6 Å². The molecule has 1 saturated heterocycles. The number of anilines is 1. The van der Waals surface area contributed by atoms with Crippen LogP contribution in [0.15, 0.2) is 41.5 Å². The van der Waals surface area contributed by atoms with Crippen molar-refractivity contribution in [3.63, 3.8) is 0 Å². The summed E-state index contributed by atoms with van der Waals surface area (Å²) in [7, 11) is 0. The quantitative estimate of drug-likeness (QED) is 0.785. The predicted octanol–water partition coefficient (Wildman–Crippen LogP) is 2.09. The van der Waals surface area contributed by atoms with Gasteiger partial charge in [0.25, 0.3) is 5.56 Å². The van der Waals surface area contributed by atoms with Crippen molar-refractivity contribution < 1.29 is 13.9 Å². The Hall–Kier alpha value is -3.00. The Labute approximate surface area is 142 Å². The lowest BCUT2D eigenvalue weighted by atomic mass is 10.2. The molecule has 3 aromatic rings. The Balaban J connectivity index is 1.66. The zero-order chi connectivity index (χ0) is 17.2. The number of nitrogens with zero attached hydrogens (tertiary/aromatic N) is 3. The largest absolute Gasteiger partial charge is 0.425 e. The fourth-order valence-corrected chi connectivity index (χ4v) is 2.74. The van der Waals surface area contributed by atoms with Crippen LogP contribution in [0.3, 0.4) is 0 Å². The third-order valence-corrected chi connectivity index (χ3v) is 3.93. The molecule has 0 radical (unpaired) electrons. The van der Waals surface area contributed by atoms with Crippen molar-refractivity contribution in [3.8, 4) is 11.8 Å². The van der Waals surface area contributed by atoms with Gasteiger partial charge in [-0.3, -0.25) is 14.8 Å². The van der Waals surface area contributed by atoms with E-state index in [1.807, 2.05) is 4.90 Å². The van der Waals surface area contributed by atoms with Crippen molar-refractivity contribution in [1.82, 2.24) is 15.0 Å². The van der Waals surface area contributed by atoms with Crippen molar-refractivity contribution in [2.75, 3.05) is 31.2 Å². The molecule has 4 rings (SSSR count). The minimum absolute atomic E-state index is 0.0102. The van der Waals surface area contributed by atoms with E-state index >= 15 is 0 Å². The van der Waals surface area contributed by atoms with Crippen molar-refractivity contribution >= 4 is 16.6 Å². The highest BCUT2D eigenvalue weighted by Gasteiger charge is 2.14. The van der Waals surface area contributed by atoms with Gasteiger partial charge in [-0.25, -0.2) is 4.39 Å². The molecule has 0 unspecified atom stereocenters. The Morgan fingerprint density at radius 3 is 2.92 bits per heavy atom. The zero-order valence-corrected chi connectivity index (χ0v) is 13.2. The number of hydrogen-bond acceptors (Lipinski definition) is 6. The fraction of sp³-hybridized carbons (Fsp3) is 0.235. The molecule has 1 aliphatic heterocycles. The molecule has 0 aliphatic carbocycles. The number of halogens is 1. The number of hydrogen-bond donors (Lipinski definition) is 1. The number of morpholine rings is 1. The Bertz CT molecular complexity index is 970. The first-order valence-corrected chi connectivity index (χ1v) is 7.84. The van der Waals surface area contributed by atoms with E-state index < -0.39 is 5.82 Å². The standard InChI is InChI=1S/C17H15FN4O3/c18-11-7-12(22-3-5-24-6-4-22)9-13(8-11)25-17-20-15-10-19-2-1-14(15)16(23)21-17/h1-2,7-10H,3-6H2,(H,20,21,23). The van der Waals surface area contributed by atoms with Gasteiger partial charge in [-0.2, -0.15) is 4.98 Å². The number of ether oxygens (including phenoxy) is 2. The highest BCUT2D eigenvalue weighted by molar-refractivity contribution is 5.76. The Kier molecular flexibility index (Phi) is 4.02. The van der Waals surface area contributed by atoms with Crippen LogP contribution in [0.2, 0.25) is 0 Å². The summed E-state index contributed by atoms with van der Waals surface area (Å²) in [6.45, 7) is 2.55. The number of fused-ring (bicyclic) bond motifs is 1. The third-order valence-electron chi connectivity index (χ3n) is 3.93.